The van der Waals surface area contributed by atoms with Gasteiger partial charge in [-0.05, 0) is 25.0 Å². The maximum Gasteiger partial charge on any atom is 0.137 e. The highest BCUT2D eigenvalue weighted by Crippen LogP contribution is 2.28. The summed E-state index contributed by atoms with van der Waals surface area (Å²) in [6.45, 7) is 6.60. The Morgan fingerprint density at radius 3 is 2.47 bits per heavy atom. The summed E-state index contributed by atoms with van der Waals surface area (Å²) < 4.78 is 29.5. The molecule has 1 atom stereocenters. The van der Waals surface area contributed by atoms with Crippen molar-refractivity contribution in [1.82, 2.24) is 24.6 Å². The number of aromatic nitrogens is 3. The highest BCUT2D eigenvalue weighted by molar-refractivity contribution is 5.26. The van der Waals surface area contributed by atoms with Crippen molar-refractivity contribution in [1.29, 1.82) is 0 Å². The Kier molecular flexibility index (Phi) is 6.93. The third-order valence-corrected chi connectivity index (χ3v) is 6.07. The zero-order valence-electron chi connectivity index (χ0n) is 18.3. The molecule has 4 rings (SSSR count). The first-order chi connectivity index (χ1) is 15.4. The molecule has 0 saturated carbocycles. The van der Waals surface area contributed by atoms with Gasteiger partial charge in [-0.1, -0.05) is 35.9 Å². The summed E-state index contributed by atoms with van der Waals surface area (Å²) in [6.07, 6.45) is 3.85. The summed E-state index contributed by atoms with van der Waals surface area (Å²) >= 11 is 0. The van der Waals surface area contributed by atoms with E-state index in [2.05, 4.69) is 51.1 Å². The van der Waals surface area contributed by atoms with E-state index in [0.717, 1.165) is 45.2 Å². The SMILES string of the molecule is Cc1cccc(CCN2CCN(CC(O)(Cn3cncn3)c3ccc(F)cc3F)CC2)c1. The molecule has 2 aromatic carbocycles. The Labute approximate surface area is 187 Å². The van der Waals surface area contributed by atoms with E-state index >= 15 is 0 Å². The number of aryl methyl sites for hydroxylation is 1. The van der Waals surface area contributed by atoms with Crippen molar-refractivity contribution in [3.63, 3.8) is 0 Å². The van der Waals surface area contributed by atoms with Crippen LogP contribution >= 0.6 is 0 Å². The van der Waals surface area contributed by atoms with Crippen molar-refractivity contribution in [3.05, 3.63) is 83.4 Å². The van der Waals surface area contributed by atoms with Gasteiger partial charge in [0, 0.05) is 50.9 Å². The molecular weight excluding hydrogens is 412 g/mol. The number of halogens is 2. The fourth-order valence-corrected chi connectivity index (χ4v) is 4.37. The van der Waals surface area contributed by atoms with E-state index in [1.807, 2.05) is 0 Å². The molecule has 170 valence electrons. The minimum Gasteiger partial charge on any atom is -0.382 e. The van der Waals surface area contributed by atoms with Crippen molar-refractivity contribution < 1.29 is 13.9 Å². The van der Waals surface area contributed by atoms with Crippen LogP contribution in [-0.2, 0) is 18.6 Å². The highest BCUT2D eigenvalue weighted by Gasteiger charge is 2.36. The van der Waals surface area contributed by atoms with Crippen LogP contribution in [-0.4, -0.2) is 68.9 Å². The molecule has 32 heavy (non-hydrogen) atoms. The molecule has 3 aromatic rings. The Hall–Kier alpha value is -2.68. The van der Waals surface area contributed by atoms with Gasteiger partial charge in [-0.25, -0.2) is 18.4 Å². The van der Waals surface area contributed by atoms with Gasteiger partial charge in [-0.3, -0.25) is 4.90 Å². The summed E-state index contributed by atoms with van der Waals surface area (Å²) in [4.78, 5) is 8.45. The fourth-order valence-electron chi connectivity index (χ4n) is 4.37. The van der Waals surface area contributed by atoms with Crippen molar-refractivity contribution in [3.8, 4) is 0 Å². The lowest BCUT2D eigenvalue weighted by atomic mass is 9.92. The lowest BCUT2D eigenvalue weighted by Crippen LogP contribution is -2.52. The van der Waals surface area contributed by atoms with Crippen LogP contribution in [0.1, 0.15) is 16.7 Å². The van der Waals surface area contributed by atoms with Crippen molar-refractivity contribution in [2.45, 2.75) is 25.5 Å². The molecule has 1 saturated heterocycles. The van der Waals surface area contributed by atoms with Gasteiger partial charge in [-0.15, -0.1) is 0 Å². The number of β-amino-alcohol motifs (C(OH)–C–C–N with tert-alkyl or cyclic N) is 1. The molecule has 0 spiro atoms. The zero-order chi connectivity index (χ0) is 22.6. The van der Waals surface area contributed by atoms with Gasteiger partial charge >= 0.3 is 0 Å². The molecule has 0 bridgehead atoms. The van der Waals surface area contributed by atoms with E-state index in [0.29, 0.717) is 0 Å². The highest BCUT2D eigenvalue weighted by atomic mass is 19.1. The quantitative estimate of drug-likeness (QED) is 0.583. The number of piperazine rings is 1. The largest absolute Gasteiger partial charge is 0.382 e. The molecule has 0 aliphatic carbocycles. The molecule has 0 amide bonds. The molecule has 1 fully saturated rings. The van der Waals surface area contributed by atoms with Crippen LogP contribution in [0.2, 0.25) is 0 Å². The number of hydrogen-bond acceptors (Lipinski definition) is 5. The summed E-state index contributed by atoms with van der Waals surface area (Å²) in [5, 5.41) is 15.6. The van der Waals surface area contributed by atoms with Crippen molar-refractivity contribution in [2.24, 2.45) is 0 Å². The smallest absolute Gasteiger partial charge is 0.137 e. The third-order valence-electron chi connectivity index (χ3n) is 6.07. The Balaban J connectivity index is 1.39. The van der Waals surface area contributed by atoms with Gasteiger partial charge in [0.05, 0.1) is 6.54 Å². The average Bonchev–Trinajstić information content (AvgIpc) is 3.26. The van der Waals surface area contributed by atoms with Gasteiger partial charge in [0.25, 0.3) is 0 Å². The minimum absolute atomic E-state index is 0.0309. The van der Waals surface area contributed by atoms with Gasteiger partial charge in [0.1, 0.15) is 29.9 Å². The molecule has 1 aliphatic rings. The Bertz CT molecular complexity index is 1020. The first-order valence-corrected chi connectivity index (χ1v) is 10.9. The maximum atomic E-state index is 14.6. The molecule has 1 aromatic heterocycles. The summed E-state index contributed by atoms with van der Waals surface area (Å²) in [7, 11) is 0. The molecule has 1 N–H and O–H groups in total. The van der Waals surface area contributed by atoms with Crippen LogP contribution in [0.15, 0.2) is 55.1 Å². The molecule has 0 radical (unpaired) electrons. The third kappa shape index (κ3) is 5.56. The van der Waals surface area contributed by atoms with E-state index in [9.17, 15) is 13.9 Å². The lowest BCUT2D eigenvalue weighted by Gasteiger charge is -2.39. The van der Waals surface area contributed by atoms with E-state index in [1.54, 1.807) is 0 Å². The van der Waals surface area contributed by atoms with Crippen LogP contribution in [0.3, 0.4) is 0 Å². The van der Waals surface area contributed by atoms with Crippen LogP contribution in [0.5, 0.6) is 0 Å². The standard InChI is InChI=1S/C24H29F2N5O/c1-19-3-2-4-20(13-19)7-8-29-9-11-30(12-10-29)15-24(32,16-31-18-27-17-28-31)22-6-5-21(25)14-23(22)26/h2-6,13-14,17-18,32H,7-12,15-16H2,1H3. The number of rotatable bonds is 8. The molecule has 1 unspecified atom stereocenters. The van der Waals surface area contributed by atoms with Crippen LogP contribution in [0.4, 0.5) is 8.78 Å². The van der Waals surface area contributed by atoms with Gasteiger partial charge in [-0.2, -0.15) is 5.10 Å². The zero-order valence-corrected chi connectivity index (χ0v) is 18.3. The lowest BCUT2D eigenvalue weighted by molar-refractivity contribution is -0.0317. The normalized spacial score (nSPS) is 17.4. The summed E-state index contributed by atoms with van der Waals surface area (Å²) in [5.74, 6) is -1.43. The van der Waals surface area contributed by atoms with Crippen LogP contribution in [0, 0.1) is 18.6 Å². The molecule has 8 heteroatoms. The van der Waals surface area contributed by atoms with E-state index < -0.39 is 17.2 Å². The Morgan fingerprint density at radius 2 is 1.78 bits per heavy atom. The number of hydrogen-bond donors (Lipinski definition) is 1. The van der Waals surface area contributed by atoms with E-state index in [1.165, 1.54) is 40.6 Å². The molecule has 1 aliphatic heterocycles. The molecule has 6 nitrogen and oxygen atoms in total. The Morgan fingerprint density at radius 1 is 1.00 bits per heavy atom. The van der Waals surface area contributed by atoms with Gasteiger partial charge in [0.15, 0.2) is 0 Å². The number of benzene rings is 2. The van der Waals surface area contributed by atoms with Gasteiger partial charge < -0.3 is 10.0 Å². The van der Waals surface area contributed by atoms with E-state index in [-0.39, 0.29) is 18.7 Å². The second-order valence-electron chi connectivity index (χ2n) is 8.61. The summed E-state index contributed by atoms with van der Waals surface area (Å²) in [6, 6.07) is 11.9. The second-order valence-corrected chi connectivity index (χ2v) is 8.61. The predicted molar refractivity (Wildman–Crippen MR) is 118 cm³/mol. The maximum absolute atomic E-state index is 14.6. The van der Waals surface area contributed by atoms with Gasteiger partial charge in [0.2, 0.25) is 0 Å². The van der Waals surface area contributed by atoms with E-state index in [4.69, 9.17) is 0 Å². The minimum atomic E-state index is -1.56. The molecule has 2 heterocycles. The first kappa shape index (κ1) is 22.5. The molecular formula is C24H29F2N5O. The predicted octanol–water partition coefficient (Wildman–Crippen LogP) is 2.61. The van der Waals surface area contributed by atoms with Crippen molar-refractivity contribution in [2.75, 3.05) is 39.3 Å². The second kappa shape index (κ2) is 9.85. The summed E-state index contributed by atoms with van der Waals surface area (Å²) in [5.41, 5.74) is 1.11. The number of nitrogens with zero attached hydrogens (tertiary/aromatic N) is 5. The monoisotopic (exact) mass is 441 g/mol. The average molecular weight is 442 g/mol. The topological polar surface area (TPSA) is 57.4 Å². The first-order valence-electron chi connectivity index (χ1n) is 10.9. The van der Waals surface area contributed by atoms with Crippen LogP contribution in [0.25, 0.3) is 0 Å². The fraction of sp³-hybridized carbons (Fsp3) is 0.417. The number of aliphatic hydroxyl groups is 1. The van der Waals surface area contributed by atoms with Crippen molar-refractivity contribution >= 4 is 0 Å². The van der Waals surface area contributed by atoms with Crippen LogP contribution < -0.4 is 0 Å².